The minimum atomic E-state index is -0.789. The molecule has 0 bridgehead atoms. The molecule has 3 rings (SSSR count). The Morgan fingerprint density at radius 3 is 2.31 bits per heavy atom. The van der Waals surface area contributed by atoms with Crippen LogP contribution in [0.1, 0.15) is 54.0 Å². The maximum absolute atomic E-state index is 11.5. The van der Waals surface area contributed by atoms with Crippen molar-refractivity contribution in [3.05, 3.63) is 77.1 Å². The van der Waals surface area contributed by atoms with Crippen molar-refractivity contribution in [3.8, 4) is 11.5 Å². The number of aromatic nitrogens is 2. The number of methoxy groups -OCH3 is 2. The summed E-state index contributed by atoms with van der Waals surface area (Å²) in [6.45, 7) is 2.48. The number of carboxylic acids is 1. The quantitative estimate of drug-likeness (QED) is 0.338. The van der Waals surface area contributed by atoms with Crippen LogP contribution in [0.15, 0.2) is 54.9 Å². The standard InChI is InChI=1S/C28H36N2O5/c1-20-25(34-2)15-24(16-26(20)35-3)28(33)23(13-7-11-21-9-5-4-6-10-21)19-30-18-22(17-29-30)12-8-14-27(31)32/h4-6,9-10,15-18,23,28,33H,7-8,11-14,19H2,1-3H3,(H,31,32)/t23-,28?/m1/s1. The molecule has 1 aromatic heterocycles. The summed E-state index contributed by atoms with van der Waals surface area (Å²) in [6, 6.07) is 14.1. The Morgan fingerprint density at radius 2 is 1.69 bits per heavy atom. The third kappa shape index (κ3) is 7.59. The van der Waals surface area contributed by atoms with Crippen LogP contribution < -0.4 is 9.47 Å². The summed E-state index contributed by atoms with van der Waals surface area (Å²) < 4.78 is 12.9. The van der Waals surface area contributed by atoms with Gasteiger partial charge in [-0.3, -0.25) is 9.48 Å². The monoisotopic (exact) mass is 480 g/mol. The lowest BCUT2D eigenvalue weighted by Crippen LogP contribution is -2.20. The van der Waals surface area contributed by atoms with Gasteiger partial charge >= 0.3 is 5.97 Å². The van der Waals surface area contributed by atoms with Crippen molar-refractivity contribution in [1.82, 2.24) is 9.78 Å². The Hall–Kier alpha value is -3.32. The SMILES string of the molecule is COc1cc(C(O)[C@H](CCCc2ccccc2)Cn2cc(CCCC(=O)O)cn2)cc(OC)c1C. The molecule has 0 saturated carbocycles. The van der Waals surface area contributed by atoms with Crippen molar-refractivity contribution in [2.24, 2.45) is 5.92 Å². The Labute approximate surface area is 207 Å². The molecule has 35 heavy (non-hydrogen) atoms. The van der Waals surface area contributed by atoms with Crippen molar-refractivity contribution in [2.45, 2.75) is 58.1 Å². The van der Waals surface area contributed by atoms with Crippen LogP contribution in [0.25, 0.3) is 0 Å². The number of aryl methyl sites for hydroxylation is 2. The number of aliphatic carboxylic acids is 1. The van der Waals surface area contributed by atoms with Crippen LogP contribution >= 0.6 is 0 Å². The molecule has 0 fully saturated rings. The van der Waals surface area contributed by atoms with Crippen LogP contribution in [0.3, 0.4) is 0 Å². The summed E-state index contributed by atoms with van der Waals surface area (Å²) in [4.78, 5) is 10.8. The molecule has 0 saturated heterocycles. The molecule has 7 heteroatoms. The predicted octanol–water partition coefficient (Wildman–Crippen LogP) is 4.99. The van der Waals surface area contributed by atoms with E-state index < -0.39 is 12.1 Å². The Balaban J connectivity index is 1.77. The van der Waals surface area contributed by atoms with Gasteiger partial charge in [-0.25, -0.2) is 0 Å². The fraction of sp³-hybridized carbons (Fsp3) is 0.429. The van der Waals surface area contributed by atoms with Crippen LogP contribution in [0.2, 0.25) is 0 Å². The predicted molar refractivity (Wildman–Crippen MR) is 135 cm³/mol. The fourth-order valence-electron chi connectivity index (χ4n) is 4.43. The van der Waals surface area contributed by atoms with Crippen molar-refractivity contribution < 1.29 is 24.5 Å². The minimum Gasteiger partial charge on any atom is -0.496 e. The number of aliphatic hydroxyl groups is 1. The molecular formula is C28H36N2O5. The number of aliphatic hydroxyl groups excluding tert-OH is 1. The second-order valence-corrected chi connectivity index (χ2v) is 8.95. The maximum atomic E-state index is 11.5. The van der Waals surface area contributed by atoms with E-state index in [2.05, 4.69) is 17.2 Å². The zero-order chi connectivity index (χ0) is 25.2. The van der Waals surface area contributed by atoms with Gasteiger partial charge in [-0.2, -0.15) is 5.10 Å². The average Bonchev–Trinajstić information content (AvgIpc) is 3.30. The second kappa shape index (κ2) is 13.0. The van der Waals surface area contributed by atoms with Crippen LogP contribution in [0, 0.1) is 12.8 Å². The van der Waals surface area contributed by atoms with E-state index in [0.717, 1.165) is 36.0 Å². The highest BCUT2D eigenvalue weighted by atomic mass is 16.5. The van der Waals surface area contributed by atoms with Gasteiger partial charge in [0.15, 0.2) is 0 Å². The van der Waals surface area contributed by atoms with Gasteiger partial charge in [0.25, 0.3) is 0 Å². The van der Waals surface area contributed by atoms with Gasteiger partial charge in [-0.05, 0) is 67.9 Å². The van der Waals surface area contributed by atoms with Gasteiger partial charge in [-0.1, -0.05) is 30.3 Å². The molecule has 0 amide bonds. The number of carboxylic acid groups (broad SMARTS) is 1. The summed E-state index contributed by atoms with van der Waals surface area (Å²) in [5.74, 6) is 0.494. The zero-order valence-corrected chi connectivity index (χ0v) is 20.8. The van der Waals surface area contributed by atoms with Gasteiger partial charge in [-0.15, -0.1) is 0 Å². The minimum absolute atomic E-state index is 0.0809. The Morgan fingerprint density at radius 1 is 1.03 bits per heavy atom. The maximum Gasteiger partial charge on any atom is 0.303 e. The molecule has 2 aromatic carbocycles. The van der Waals surface area contributed by atoms with Gasteiger partial charge in [0.05, 0.1) is 26.5 Å². The molecule has 0 aliphatic rings. The average molecular weight is 481 g/mol. The lowest BCUT2D eigenvalue weighted by Gasteiger charge is -2.25. The molecule has 2 atom stereocenters. The largest absolute Gasteiger partial charge is 0.496 e. The van der Waals surface area contributed by atoms with Crippen molar-refractivity contribution in [3.63, 3.8) is 0 Å². The molecular weight excluding hydrogens is 444 g/mol. The number of carbonyl (C=O) groups is 1. The molecule has 1 unspecified atom stereocenters. The third-order valence-electron chi connectivity index (χ3n) is 6.41. The summed E-state index contributed by atoms with van der Waals surface area (Å²) in [7, 11) is 3.23. The van der Waals surface area contributed by atoms with Gasteiger partial charge in [0.2, 0.25) is 0 Å². The number of ether oxygens (including phenoxy) is 2. The van der Waals surface area contributed by atoms with Crippen molar-refractivity contribution in [1.29, 1.82) is 0 Å². The number of hydrogen-bond donors (Lipinski definition) is 2. The molecule has 0 spiro atoms. The molecule has 1 heterocycles. The molecule has 3 aromatic rings. The van der Waals surface area contributed by atoms with Crippen molar-refractivity contribution in [2.75, 3.05) is 14.2 Å². The van der Waals surface area contributed by atoms with E-state index in [-0.39, 0.29) is 12.3 Å². The second-order valence-electron chi connectivity index (χ2n) is 8.95. The van der Waals surface area contributed by atoms with Crippen molar-refractivity contribution >= 4 is 5.97 Å². The van der Waals surface area contributed by atoms with E-state index in [4.69, 9.17) is 14.6 Å². The highest BCUT2D eigenvalue weighted by molar-refractivity contribution is 5.66. The third-order valence-corrected chi connectivity index (χ3v) is 6.41. The molecule has 0 aliphatic carbocycles. The zero-order valence-electron chi connectivity index (χ0n) is 20.8. The summed E-state index contributed by atoms with van der Waals surface area (Å²) in [5.41, 5.74) is 3.93. The van der Waals surface area contributed by atoms with Gasteiger partial charge in [0, 0.05) is 30.6 Å². The number of benzene rings is 2. The highest BCUT2D eigenvalue weighted by Crippen LogP contribution is 2.36. The van der Waals surface area contributed by atoms with Gasteiger partial charge in [0.1, 0.15) is 11.5 Å². The summed E-state index contributed by atoms with van der Waals surface area (Å²) >= 11 is 0. The molecule has 188 valence electrons. The first-order valence-corrected chi connectivity index (χ1v) is 12.1. The van der Waals surface area contributed by atoms with Gasteiger partial charge < -0.3 is 19.7 Å². The normalized spacial score (nSPS) is 12.8. The first kappa shape index (κ1) is 26.3. The molecule has 2 N–H and O–H groups in total. The Kier molecular flexibility index (Phi) is 9.73. The van der Waals surface area contributed by atoms with E-state index in [1.54, 1.807) is 20.4 Å². The van der Waals surface area contributed by atoms with Crippen LogP contribution in [0.4, 0.5) is 0 Å². The molecule has 0 aliphatic heterocycles. The number of rotatable bonds is 14. The fourth-order valence-corrected chi connectivity index (χ4v) is 4.43. The topological polar surface area (TPSA) is 93.8 Å². The van der Waals surface area contributed by atoms with Crippen LogP contribution in [0.5, 0.6) is 11.5 Å². The van der Waals surface area contributed by atoms with Crippen LogP contribution in [-0.2, 0) is 24.2 Å². The van der Waals surface area contributed by atoms with E-state index in [1.807, 2.05) is 48.1 Å². The number of nitrogens with zero attached hydrogens (tertiary/aromatic N) is 2. The number of hydrogen-bond acceptors (Lipinski definition) is 5. The van der Waals surface area contributed by atoms with E-state index in [0.29, 0.717) is 30.9 Å². The lowest BCUT2D eigenvalue weighted by molar-refractivity contribution is -0.137. The molecule has 7 nitrogen and oxygen atoms in total. The first-order chi connectivity index (χ1) is 16.9. The molecule has 0 radical (unpaired) electrons. The summed E-state index contributed by atoms with van der Waals surface area (Å²) in [6.07, 6.45) is 7.07. The highest BCUT2D eigenvalue weighted by Gasteiger charge is 2.24. The van der Waals surface area contributed by atoms with E-state index in [1.165, 1.54) is 5.56 Å². The first-order valence-electron chi connectivity index (χ1n) is 12.1. The summed E-state index contributed by atoms with van der Waals surface area (Å²) in [5, 5.41) is 24.8. The van der Waals surface area contributed by atoms with E-state index in [9.17, 15) is 9.90 Å². The Bertz CT molecular complexity index is 1050. The van der Waals surface area contributed by atoms with Crippen LogP contribution in [-0.4, -0.2) is 40.2 Å². The lowest BCUT2D eigenvalue weighted by atomic mass is 9.89. The van der Waals surface area contributed by atoms with E-state index >= 15 is 0 Å². The smallest absolute Gasteiger partial charge is 0.303 e.